The van der Waals surface area contributed by atoms with E-state index >= 15 is 0 Å². The second-order valence-electron chi connectivity index (χ2n) is 10.7. The van der Waals surface area contributed by atoms with Crippen molar-refractivity contribution in [2.24, 2.45) is 0 Å². The van der Waals surface area contributed by atoms with Crippen LogP contribution in [0, 0.1) is 6.92 Å². The first-order valence-corrected chi connectivity index (χ1v) is 13.9. The Bertz CT molecular complexity index is 1120. The van der Waals surface area contributed by atoms with E-state index in [9.17, 15) is 9.59 Å². The Morgan fingerprint density at radius 1 is 1.05 bits per heavy atom. The lowest BCUT2D eigenvalue weighted by atomic mass is 9.89. The maximum absolute atomic E-state index is 13.6. The quantitative estimate of drug-likeness (QED) is 0.412. The van der Waals surface area contributed by atoms with Gasteiger partial charge in [-0.15, -0.1) is 0 Å². The number of rotatable bonds is 8. The Morgan fingerprint density at radius 3 is 2.62 bits per heavy atom. The molecule has 1 saturated carbocycles. The van der Waals surface area contributed by atoms with Crippen LogP contribution in [0.25, 0.3) is 6.08 Å². The number of nitrogens with zero attached hydrogens (tertiary/aromatic N) is 2. The number of benzene rings is 2. The Hall–Kier alpha value is -3.12. The number of amides is 2. The average Bonchev–Trinajstić information content (AvgIpc) is 3.43. The van der Waals surface area contributed by atoms with Gasteiger partial charge in [-0.1, -0.05) is 48.4 Å². The number of ether oxygens (including phenoxy) is 1. The van der Waals surface area contributed by atoms with Gasteiger partial charge in [0.2, 0.25) is 0 Å². The van der Waals surface area contributed by atoms with Gasteiger partial charge in [-0.2, -0.15) is 0 Å². The largest absolute Gasteiger partial charge is 0.482 e. The van der Waals surface area contributed by atoms with Gasteiger partial charge in [0.25, 0.3) is 11.8 Å². The van der Waals surface area contributed by atoms with E-state index in [1.54, 1.807) is 0 Å². The molecule has 3 aliphatic rings. The lowest BCUT2D eigenvalue weighted by molar-refractivity contribution is -0.149. The molecule has 6 nitrogen and oxygen atoms in total. The molecule has 2 atom stereocenters. The summed E-state index contributed by atoms with van der Waals surface area (Å²) in [6.45, 7) is 6.77. The maximum Gasteiger partial charge on any atom is 0.289 e. The van der Waals surface area contributed by atoms with E-state index in [4.69, 9.17) is 4.74 Å². The normalized spacial score (nSPS) is 23.1. The van der Waals surface area contributed by atoms with Crippen LogP contribution in [0.5, 0.6) is 0 Å². The van der Waals surface area contributed by atoms with E-state index in [0.29, 0.717) is 24.4 Å². The van der Waals surface area contributed by atoms with E-state index < -0.39 is 0 Å². The van der Waals surface area contributed by atoms with E-state index in [0.717, 1.165) is 49.8 Å². The highest BCUT2D eigenvalue weighted by atomic mass is 16.5. The van der Waals surface area contributed by atoms with Crippen LogP contribution >= 0.6 is 0 Å². The summed E-state index contributed by atoms with van der Waals surface area (Å²) in [6.07, 6.45) is 9.62. The average molecular weight is 502 g/mol. The molecular formula is C31H39N3O3. The summed E-state index contributed by atoms with van der Waals surface area (Å²) in [7, 11) is 0. The fourth-order valence-electron chi connectivity index (χ4n) is 5.86. The maximum atomic E-state index is 13.6. The molecule has 2 amide bonds. The molecule has 5 rings (SSSR count). The molecule has 0 radical (unpaired) electrons. The highest BCUT2D eigenvalue weighted by Crippen LogP contribution is 2.34. The molecule has 2 saturated heterocycles. The molecule has 2 unspecified atom stereocenters. The van der Waals surface area contributed by atoms with Crippen LogP contribution in [-0.2, 0) is 16.1 Å². The summed E-state index contributed by atoms with van der Waals surface area (Å²) in [4.78, 5) is 30.6. The summed E-state index contributed by atoms with van der Waals surface area (Å²) >= 11 is 0. The van der Waals surface area contributed by atoms with Gasteiger partial charge in [-0.25, -0.2) is 0 Å². The molecule has 0 aromatic heterocycles. The van der Waals surface area contributed by atoms with Gasteiger partial charge < -0.3 is 19.9 Å². The van der Waals surface area contributed by atoms with Gasteiger partial charge >= 0.3 is 0 Å². The SMILES string of the molecule is Cc1cccc(CN2C(=O)/C(=C\c3ccc(C(=O)NCCCN4CCCC4)cc3)OC3CCCCC32)c1. The van der Waals surface area contributed by atoms with Crippen LogP contribution in [-0.4, -0.2) is 59.9 Å². The summed E-state index contributed by atoms with van der Waals surface area (Å²) in [5.74, 6) is 0.291. The monoisotopic (exact) mass is 501 g/mol. The minimum atomic E-state index is -0.0556. The molecule has 2 heterocycles. The zero-order valence-electron chi connectivity index (χ0n) is 22.0. The lowest BCUT2D eigenvalue weighted by Crippen LogP contribution is -2.54. The molecule has 1 N–H and O–H groups in total. The zero-order valence-corrected chi connectivity index (χ0v) is 22.0. The summed E-state index contributed by atoms with van der Waals surface area (Å²) < 4.78 is 6.27. The molecule has 0 bridgehead atoms. The number of hydrogen-bond donors (Lipinski definition) is 1. The molecule has 0 spiro atoms. The summed E-state index contributed by atoms with van der Waals surface area (Å²) in [5.41, 5.74) is 3.84. The van der Waals surface area contributed by atoms with Crippen molar-refractivity contribution in [2.45, 2.75) is 70.6 Å². The van der Waals surface area contributed by atoms with Crippen molar-refractivity contribution >= 4 is 17.9 Å². The Balaban J connectivity index is 1.23. The highest BCUT2D eigenvalue weighted by Gasteiger charge is 2.41. The third-order valence-electron chi connectivity index (χ3n) is 7.86. The number of carbonyl (C=O) groups excluding carboxylic acids is 2. The van der Waals surface area contributed by atoms with Crippen LogP contribution in [0.3, 0.4) is 0 Å². The first-order valence-electron chi connectivity index (χ1n) is 13.9. The fourth-order valence-corrected chi connectivity index (χ4v) is 5.86. The van der Waals surface area contributed by atoms with Crippen LogP contribution in [0.2, 0.25) is 0 Å². The number of hydrogen-bond acceptors (Lipinski definition) is 4. The third-order valence-corrected chi connectivity index (χ3v) is 7.86. The topological polar surface area (TPSA) is 61.9 Å². The molecule has 2 aromatic carbocycles. The Morgan fingerprint density at radius 2 is 1.84 bits per heavy atom. The molecule has 3 fully saturated rings. The predicted molar refractivity (Wildman–Crippen MR) is 146 cm³/mol. The van der Waals surface area contributed by atoms with Gasteiger partial charge in [-0.3, -0.25) is 9.59 Å². The Labute approximate surface area is 220 Å². The smallest absolute Gasteiger partial charge is 0.289 e. The van der Waals surface area contributed by atoms with E-state index in [2.05, 4.69) is 41.4 Å². The molecule has 6 heteroatoms. The van der Waals surface area contributed by atoms with E-state index in [1.807, 2.05) is 35.2 Å². The minimum absolute atomic E-state index is 0.0353. The van der Waals surface area contributed by atoms with Gasteiger partial charge in [0.1, 0.15) is 6.10 Å². The molecular weight excluding hydrogens is 462 g/mol. The number of morpholine rings is 1. The second kappa shape index (κ2) is 12.0. The second-order valence-corrected chi connectivity index (χ2v) is 10.7. The van der Waals surface area contributed by atoms with Crippen molar-refractivity contribution in [1.82, 2.24) is 15.1 Å². The van der Waals surface area contributed by atoms with Crippen LogP contribution in [0.15, 0.2) is 54.3 Å². The number of fused-ring (bicyclic) bond motifs is 1. The number of nitrogens with one attached hydrogen (secondary N) is 1. The molecule has 196 valence electrons. The first kappa shape index (κ1) is 25.5. The van der Waals surface area contributed by atoms with Crippen molar-refractivity contribution in [3.8, 4) is 0 Å². The number of likely N-dealkylation sites (tertiary alicyclic amines) is 1. The van der Waals surface area contributed by atoms with Crippen LogP contribution < -0.4 is 5.32 Å². The molecule has 37 heavy (non-hydrogen) atoms. The van der Waals surface area contributed by atoms with Crippen molar-refractivity contribution in [1.29, 1.82) is 0 Å². The van der Waals surface area contributed by atoms with Gasteiger partial charge in [0.05, 0.1) is 6.04 Å². The van der Waals surface area contributed by atoms with Gasteiger partial charge in [0.15, 0.2) is 5.76 Å². The molecule has 2 aromatic rings. The standard InChI is InChI=1S/C31H39N3O3/c1-23-8-6-9-25(20-23)22-34-27-10-2-3-11-28(27)37-29(31(34)36)21-24-12-14-26(15-13-24)30(35)32-16-7-19-33-17-4-5-18-33/h6,8-9,12-15,20-21,27-28H,2-5,7,10-11,16-19,22H2,1H3,(H,32,35)/b29-21+. The van der Waals surface area contributed by atoms with Crippen molar-refractivity contribution in [2.75, 3.05) is 26.2 Å². The predicted octanol–water partition coefficient (Wildman–Crippen LogP) is 4.92. The van der Waals surface area contributed by atoms with Gasteiger partial charge in [-0.05, 0) is 94.4 Å². The van der Waals surface area contributed by atoms with E-state index in [-0.39, 0.29) is 24.0 Å². The number of carbonyl (C=O) groups is 2. The lowest BCUT2D eigenvalue weighted by Gasteiger charge is -2.44. The third kappa shape index (κ3) is 6.42. The first-order chi connectivity index (χ1) is 18.1. The molecule has 2 aliphatic heterocycles. The van der Waals surface area contributed by atoms with Crippen LogP contribution in [0.1, 0.15) is 72.0 Å². The number of aryl methyl sites for hydroxylation is 1. The zero-order chi connectivity index (χ0) is 25.6. The highest BCUT2D eigenvalue weighted by molar-refractivity contribution is 5.97. The fraction of sp³-hybridized carbons (Fsp3) is 0.484. The van der Waals surface area contributed by atoms with Crippen molar-refractivity contribution in [3.05, 3.63) is 76.5 Å². The van der Waals surface area contributed by atoms with Crippen molar-refractivity contribution in [3.63, 3.8) is 0 Å². The summed E-state index contributed by atoms with van der Waals surface area (Å²) in [6, 6.07) is 15.9. The minimum Gasteiger partial charge on any atom is -0.482 e. The molecule has 1 aliphatic carbocycles. The van der Waals surface area contributed by atoms with Gasteiger partial charge in [0, 0.05) is 18.7 Å². The van der Waals surface area contributed by atoms with E-state index in [1.165, 1.54) is 31.5 Å². The van der Waals surface area contributed by atoms with Crippen molar-refractivity contribution < 1.29 is 14.3 Å². The Kier molecular flexibility index (Phi) is 8.24. The van der Waals surface area contributed by atoms with Crippen LogP contribution in [0.4, 0.5) is 0 Å². The summed E-state index contributed by atoms with van der Waals surface area (Å²) in [5, 5.41) is 3.03.